The molecule has 1 N–H and O–H groups in total. The van der Waals surface area contributed by atoms with Gasteiger partial charge in [0.05, 0.1) is 0 Å². The summed E-state index contributed by atoms with van der Waals surface area (Å²) >= 11 is 0. The largest absolute Gasteiger partial charge is 0.368 e. The Labute approximate surface area is 117 Å². The molecule has 1 aromatic rings. The van der Waals surface area contributed by atoms with Crippen molar-refractivity contribution >= 4 is 5.69 Å². The van der Waals surface area contributed by atoms with Crippen LogP contribution in [0.1, 0.15) is 19.4 Å². The van der Waals surface area contributed by atoms with Gasteiger partial charge in [0.2, 0.25) is 0 Å². The smallest absolute Gasteiger partial charge is 0.0376 e. The maximum absolute atomic E-state index is 3.75. The number of aryl methyl sites for hydroxylation is 1. The molecule has 1 fully saturated rings. The summed E-state index contributed by atoms with van der Waals surface area (Å²) in [5.74, 6) is 0. The molecule has 1 aliphatic heterocycles. The third-order valence-corrected chi connectivity index (χ3v) is 3.61. The van der Waals surface area contributed by atoms with Gasteiger partial charge in [0, 0.05) is 36.9 Å². The summed E-state index contributed by atoms with van der Waals surface area (Å²) in [5.41, 5.74) is 2.82. The van der Waals surface area contributed by atoms with Gasteiger partial charge in [-0.3, -0.25) is 0 Å². The lowest BCUT2D eigenvalue weighted by atomic mass is 9.97. The fourth-order valence-electron chi connectivity index (χ4n) is 2.95. The van der Waals surface area contributed by atoms with Gasteiger partial charge in [0.25, 0.3) is 0 Å². The normalized spacial score (nSPS) is 22.8. The van der Waals surface area contributed by atoms with Gasteiger partial charge in [-0.25, -0.2) is 0 Å². The average molecular weight is 261 g/mol. The van der Waals surface area contributed by atoms with Crippen molar-refractivity contribution in [3.05, 3.63) is 29.8 Å². The first-order chi connectivity index (χ1) is 8.85. The number of hydrogen-bond donors (Lipinski definition) is 1. The fourth-order valence-corrected chi connectivity index (χ4v) is 2.95. The van der Waals surface area contributed by atoms with E-state index in [1.807, 2.05) is 0 Å². The van der Waals surface area contributed by atoms with Gasteiger partial charge >= 0.3 is 0 Å². The third kappa shape index (κ3) is 3.95. The Kier molecular flexibility index (Phi) is 4.16. The Morgan fingerprint density at radius 3 is 2.47 bits per heavy atom. The van der Waals surface area contributed by atoms with Crippen molar-refractivity contribution in [1.29, 1.82) is 0 Å². The van der Waals surface area contributed by atoms with Gasteiger partial charge in [-0.2, -0.15) is 0 Å². The molecule has 19 heavy (non-hydrogen) atoms. The molecular formula is C16H27N3. The quantitative estimate of drug-likeness (QED) is 0.899. The zero-order valence-electron chi connectivity index (χ0n) is 12.9. The van der Waals surface area contributed by atoms with Gasteiger partial charge in [0.1, 0.15) is 0 Å². The van der Waals surface area contributed by atoms with Crippen LogP contribution in [0.15, 0.2) is 24.3 Å². The Morgan fingerprint density at radius 2 is 1.89 bits per heavy atom. The van der Waals surface area contributed by atoms with E-state index in [0.29, 0.717) is 6.04 Å². The molecule has 1 aromatic carbocycles. The fraction of sp³-hybridized carbons (Fsp3) is 0.625. The molecule has 106 valence electrons. The highest BCUT2D eigenvalue weighted by molar-refractivity contribution is 5.48. The number of rotatable bonds is 3. The van der Waals surface area contributed by atoms with E-state index in [2.05, 4.69) is 74.2 Å². The predicted molar refractivity (Wildman–Crippen MR) is 82.9 cm³/mol. The van der Waals surface area contributed by atoms with Crippen molar-refractivity contribution in [1.82, 2.24) is 10.2 Å². The van der Waals surface area contributed by atoms with E-state index in [9.17, 15) is 0 Å². The molecule has 0 radical (unpaired) electrons. The second-order valence-corrected chi connectivity index (χ2v) is 6.70. The van der Waals surface area contributed by atoms with Crippen molar-refractivity contribution in [2.75, 3.05) is 38.6 Å². The van der Waals surface area contributed by atoms with E-state index in [1.165, 1.54) is 11.3 Å². The van der Waals surface area contributed by atoms with Crippen molar-refractivity contribution < 1.29 is 0 Å². The molecule has 3 heteroatoms. The molecule has 0 bridgehead atoms. The van der Waals surface area contributed by atoms with Crippen LogP contribution in [0.4, 0.5) is 5.69 Å². The Balaban J connectivity index is 2.13. The zero-order valence-corrected chi connectivity index (χ0v) is 12.9. The lowest BCUT2D eigenvalue weighted by Crippen LogP contribution is -2.64. The van der Waals surface area contributed by atoms with Gasteiger partial charge in [-0.1, -0.05) is 17.7 Å². The van der Waals surface area contributed by atoms with Crippen LogP contribution in [0.2, 0.25) is 0 Å². The Hall–Kier alpha value is -1.06. The second kappa shape index (κ2) is 5.51. The molecular weight excluding hydrogens is 234 g/mol. The van der Waals surface area contributed by atoms with E-state index >= 15 is 0 Å². The van der Waals surface area contributed by atoms with Crippen LogP contribution >= 0.6 is 0 Å². The van der Waals surface area contributed by atoms with Crippen LogP contribution in [-0.4, -0.2) is 50.2 Å². The molecule has 0 amide bonds. The summed E-state index contributed by atoms with van der Waals surface area (Å²) in [7, 11) is 4.28. The number of hydrogen-bond acceptors (Lipinski definition) is 3. The molecule has 1 aliphatic rings. The lowest BCUT2D eigenvalue weighted by molar-refractivity contribution is 0.244. The van der Waals surface area contributed by atoms with Crippen LogP contribution < -0.4 is 10.2 Å². The molecule has 1 saturated heterocycles. The molecule has 0 saturated carbocycles. The minimum atomic E-state index is 0.157. The van der Waals surface area contributed by atoms with Crippen LogP contribution in [0.5, 0.6) is 0 Å². The number of likely N-dealkylation sites (N-methyl/N-ethyl adjacent to an activating group) is 1. The highest BCUT2D eigenvalue weighted by atomic mass is 15.3. The molecule has 1 atom stereocenters. The van der Waals surface area contributed by atoms with Crippen LogP contribution in [0.25, 0.3) is 0 Å². The summed E-state index contributed by atoms with van der Waals surface area (Å²) in [6.07, 6.45) is 0. The highest BCUT2D eigenvalue weighted by Gasteiger charge is 2.31. The molecule has 3 nitrogen and oxygen atoms in total. The van der Waals surface area contributed by atoms with Crippen LogP contribution in [0.3, 0.4) is 0 Å². The summed E-state index contributed by atoms with van der Waals surface area (Å²) in [4.78, 5) is 4.76. The summed E-state index contributed by atoms with van der Waals surface area (Å²) in [6, 6.07) is 9.39. The van der Waals surface area contributed by atoms with E-state index in [-0.39, 0.29) is 5.54 Å². The van der Waals surface area contributed by atoms with E-state index in [1.54, 1.807) is 0 Å². The second-order valence-electron chi connectivity index (χ2n) is 6.70. The maximum atomic E-state index is 3.75. The van der Waals surface area contributed by atoms with Gasteiger partial charge < -0.3 is 15.1 Å². The summed E-state index contributed by atoms with van der Waals surface area (Å²) in [6.45, 7) is 9.92. The SMILES string of the molecule is Cc1ccc(N2CC(CN(C)C)NC(C)(C)C2)cc1. The Bertz CT molecular complexity index is 409. The first-order valence-electron chi connectivity index (χ1n) is 7.10. The van der Waals surface area contributed by atoms with Gasteiger partial charge in [-0.15, -0.1) is 0 Å². The topological polar surface area (TPSA) is 18.5 Å². The molecule has 0 spiro atoms. The molecule has 0 aliphatic carbocycles. The number of nitrogens with one attached hydrogen (secondary N) is 1. The zero-order chi connectivity index (χ0) is 14.0. The minimum Gasteiger partial charge on any atom is -0.368 e. The van der Waals surface area contributed by atoms with Crippen molar-refractivity contribution in [3.63, 3.8) is 0 Å². The van der Waals surface area contributed by atoms with Crippen LogP contribution in [-0.2, 0) is 0 Å². The number of benzene rings is 1. The number of nitrogens with zero attached hydrogens (tertiary/aromatic N) is 2. The summed E-state index contributed by atoms with van der Waals surface area (Å²) < 4.78 is 0. The molecule has 1 unspecified atom stereocenters. The van der Waals surface area contributed by atoms with Crippen molar-refractivity contribution in [2.45, 2.75) is 32.4 Å². The monoisotopic (exact) mass is 261 g/mol. The maximum Gasteiger partial charge on any atom is 0.0376 e. The predicted octanol–water partition coefficient (Wildman–Crippen LogP) is 2.11. The molecule has 2 rings (SSSR count). The van der Waals surface area contributed by atoms with E-state index in [0.717, 1.165) is 19.6 Å². The first kappa shape index (κ1) is 14.4. The first-order valence-corrected chi connectivity index (χ1v) is 7.10. The summed E-state index contributed by atoms with van der Waals surface area (Å²) in [5, 5.41) is 3.75. The molecule has 1 heterocycles. The standard InChI is InChI=1S/C16H27N3/c1-13-6-8-15(9-7-13)19-11-14(10-18(4)5)17-16(2,3)12-19/h6-9,14,17H,10-12H2,1-5H3. The van der Waals surface area contributed by atoms with Gasteiger partial charge in [-0.05, 0) is 47.0 Å². The number of anilines is 1. The average Bonchev–Trinajstić information content (AvgIpc) is 2.26. The van der Waals surface area contributed by atoms with E-state index in [4.69, 9.17) is 0 Å². The molecule has 0 aromatic heterocycles. The highest BCUT2D eigenvalue weighted by Crippen LogP contribution is 2.22. The van der Waals surface area contributed by atoms with Crippen molar-refractivity contribution in [2.24, 2.45) is 0 Å². The van der Waals surface area contributed by atoms with Crippen molar-refractivity contribution in [3.8, 4) is 0 Å². The third-order valence-electron chi connectivity index (χ3n) is 3.61. The lowest BCUT2D eigenvalue weighted by Gasteiger charge is -2.45. The minimum absolute atomic E-state index is 0.157. The Morgan fingerprint density at radius 1 is 1.26 bits per heavy atom. The van der Waals surface area contributed by atoms with Gasteiger partial charge in [0.15, 0.2) is 0 Å². The number of piperazine rings is 1. The van der Waals surface area contributed by atoms with E-state index < -0.39 is 0 Å². The van der Waals surface area contributed by atoms with Crippen LogP contribution in [0, 0.1) is 6.92 Å².